The van der Waals surface area contributed by atoms with Gasteiger partial charge in [0.2, 0.25) is 0 Å². The van der Waals surface area contributed by atoms with Crippen molar-refractivity contribution in [1.29, 1.82) is 0 Å². The van der Waals surface area contributed by atoms with Crippen LogP contribution in [0.1, 0.15) is 21.6 Å². The SMILES string of the molecule is Cc1cccc(CCNC(=O)c2cncc(NN)n2)c1. The third-order valence-corrected chi connectivity index (χ3v) is 2.80. The maximum Gasteiger partial charge on any atom is 0.271 e. The fraction of sp³-hybridized carbons (Fsp3) is 0.214. The summed E-state index contributed by atoms with van der Waals surface area (Å²) < 4.78 is 0. The predicted octanol–water partition coefficient (Wildman–Crippen LogP) is 1.04. The van der Waals surface area contributed by atoms with Gasteiger partial charge in [-0.1, -0.05) is 29.8 Å². The van der Waals surface area contributed by atoms with Crippen molar-refractivity contribution in [2.24, 2.45) is 5.84 Å². The Hall–Kier alpha value is -2.47. The van der Waals surface area contributed by atoms with Crippen LogP contribution in [0, 0.1) is 6.92 Å². The highest BCUT2D eigenvalue weighted by molar-refractivity contribution is 5.92. The first-order valence-electron chi connectivity index (χ1n) is 6.31. The number of hydrazine groups is 1. The molecule has 4 N–H and O–H groups in total. The number of nitrogen functional groups attached to an aromatic ring is 1. The van der Waals surface area contributed by atoms with Crippen LogP contribution in [0.5, 0.6) is 0 Å². The molecule has 0 saturated carbocycles. The van der Waals surface area contributed by atoms with Crippen molar-refractivity contribution in [2.45, 2.75) is 13.3 Å². The predicted molar refractivity (Wildman–Crippen MR) is 77.1 cm³/mol. The molecule has 2 aromatic rings. The first kappa shape index (κ1) is 14.0. The van der Waals surface area contributed by atoms with Gasteiger partial charge in [-0.05, 0) is 18.9 Å². The van der Waals surface area contributed by atoms with E-state index in [1.165, 1.54) is 23.5 Å². The first-order valence-corrected chi connectivity index (χ1v) is 6.31. The van der Waals surface area contributed by atoms with E-state index in [9.17, 15) is 4.79 Å². The Kier molecular flexibility index (Phi) is 4.62. The topological polar surface area (TPSA) is 92.9 Å². The summed E-state index contributed by atoms with van der Waals surface area (Å²) in [7, 11) is 0. The molecular formula is C14H17N5O. The molecule has 6 heteroatoms. The molecule has 0 fully saturated rings. The van der Waals surface area contributed by atoms with E-state index in [2.05, 4.69) is 26.8 Å². The Morgan fingerprint density at radius 2 is 2.20 bits per heavy atom. The van der Waals surface area contributed by atoms with Crippen LogP contribution < -0.4 is 16.6 Å². The fourth-order valence-electron chi connectivity index (χ4n) is 1.82. The largest absolute Gasteiger partial charge is 0.350 e. The minimum atomic E-state index is -0.262. The molecule has 1 aromatic heterocycles. The molecule has 0 bridgehead atoms. The minimum absolute atomic E-state index is 0.240. The van der Waals surface area contributed by atoms with Crippen LogP contribution in [0.15, 0.2) is 36.7 Å². The number of carbonyl (C=O) groups is 1. The lowest BCUT2D eigenvalue weighted by atomic mass is 10.1. The molecule has 0 aliphatic carbocycles. The third-order valence-electron chi connectivity index (χ3n) is 2.80. The second-order valence-electron chi connectivity index (χ2n) is 4.43. The molecule has 104 valence electrons. The molecule has 0 spiro atoms. The summed E-state index contributed by atoms with van der Waals surface area (Å²) in [5.41, 5.74) is 5.00. The molecule has 0 unspecified atom stereocenters. The quantitative estimate of drug-likeness (QED) is 0.558. The van der Waals surface area contributed by atoms with Gasteiger partial charge in [0.05, 0.1) is 12.4 Å². The van der Waals surface area contributed by atoms with E-state index >= 15 is 0 Å². The number of benzene rings is 1. The summed E-state index contributed by atoms with van der Waals surface area (Å²) in [5, 5.41) is 2.81. The first-order chi connectivity index (χ1) is 9.69. The van der Waals surface area contributed by atoms with Crippen molar-refractivity contribution >= 4 is 11.7 Å². The highest BCUT2D eigenvalue weighted by Gasteiger charge is 2.07. The average Bonchev–Trinajstić information content (AvgIpc) is 2.47. The van der Waals surface area contributed by atoms with Crippen LogP contribution in [-0.4, -0.2) is 22.4 Å². The van der Waals surface area contributed by atoms with E-state index in [0.29, 0.717) is 12.4 Å². The number of aryl methyl sites for hydroxylation is 1. The second kappa shape index (κ2) is 6.63. The monoisotopic (exact) mass is 271 g/mol. The average molecular weight is 271 g/mol. The molecule has 2 rings (SSSR count). The van der Waals surface area contributed by atoms with Gasteiger partial charge in [0, 0.05) is 6.54 Å². The maximum absolute atomic E-state index is 11.9. The molecular weight excluding hydrogens is 254 g/mol. The Morgan fingerprint density at radius 3 is 2.95 bits per heavy atom. The number of anilines is 1. The van der Waals surface area contributed by atoms with Crippen molar-refractivity contribution < 1.29 is 4.79 Å². The van der Waals surface area contributed by atoms with Gasteiger partial charge in [0.1, 0.15) is 5.69 Å². The van der Waals surface area contributed by atoms with Crippen molar-refractivity contribution in [3.63, 3.8) is 0 Å². The van der Waals surface area contributed by atoms with Crippen molar-refractivity contribution in [2.75, 3.05) is 12.0 Å². The Balaban J connectivity index is 1.89. The number of nitrogens with two attached hydrogens (primary N) is 1. The highest BCUT2D eigenvalue weighted by Crippen LogP contribution is 2.04. The molecule has 0 aliphatic rings. The lowest BCUT2D eigenvalue weighted by molar-refractivity contribution is 0.0949. The summed E-state index contributed by atoms with van der Waals surface area (Å²) in [4.78, 5) is 19.8. The lowest BCUT2D eigenvalue weighted by Gasteiger charge is -2.06. The molecule has 1 aromatic carbocycles. The van der Waals surface area contributed by atoms with E-state index in [0.717, 1.165) is 6.42 Å². The summed E-state index contributed by atoms with van der Waals surface area (Å²) in [6.45, 7) is 2.59. The number of aromatic nitrogens is 2. The maximum atomic E-state index is 11.9. The second-order valence-corrected chi connectivity index (χ2v) is 4.43. The number of rotatable bonds is 5. The normalized spacial score (nSPS) is 10.1. The number of carbonyl (C=O) groups excluding carboxylic acids is 1. The molecule has 1 amide bonds. The Labute approximate surface area is 117 Å². The van der Waals surface area contributed by atoms with Gasteiger partial charge in [-0.15, -0.1) is 0 Å². The smallest absolute Gasteiger partial charge is 0.271 e. The van der Waals surface area contributed by atoms with Crippen LogP contribution >= 0.6 is 0 Å². The van der Waals surface area contributed by atoms with Gasteiger partial charge in [0.25, 0.3) is 5.91 Å². The summed E-state index contributed by atoms with van der Waals surface area (Å²) >= 11 is 0. The van der Waals surface area contributed by atoms with Gasteiger partial charge >= 0.3 is 0 Å². The number of hydrogen-bond donors (Lipinski definition) is 3. The zero-order chi connectivity index (χ0) is 14.4. The van der Waals surface area contributed by atoms with E-state index < -0.39 is 0 Å². The van der Waals surface area contributed by atoms with Crippen LogP contribution in [0.2, 0.25) is 0 Å². The van der Waals surface area contributed by atoms with Crippen LogP contribution in [0.4, 0.5) is 5.82 Å². The molecule has 0 aliphatic heterocycles. The Bertz CT molecular complexity index is 600. The van der Waals surface area contributed by atoms with Gasteiger partial charge in [0.15, 0.2) is 5.82 Å². The molecule has 0 saturated heterocycles. The van der Waals surface area contributed by atoms with Crippen LogP contribution in [-0.2, 0) is 6.42 Å². The van der Waals surface area contributed by atoms with Crippen molar-refractivity contribution in [3.8, 4) is 0 Å². The van der Waals surface area contributed by atoms with Gasteiger partial charge in [-0.25, -0.2) is 10.8 Å². The summed E-state index contributed by atoms with van der Waals surface area (Å²) in [6.07, 6.45) is 3.63. The van der Waals surface area contributed by atoms with E-state index in [-0.39, 0.29) is 11.6 Å². The van der Waals surface area contributed by atoms with Gasteiger partial charge < -0.3 is 10.7 Å². The zero-order valence-electron chi connectivity index (χ0n) is 11.3. The minimum Gasteiger partial charge on any atom is -0.350 e. The zero-order valence-corrected chi connectivity index (χ0v) is 11.3. The molecule has 0 radical (unpaired) electrons. The summed E-state index contributed by atoms with van der Waals surface area (Å²) in [5.74, 6) is 5.32. The number of amides is 1. The number of hydrogen-bond acceptors (Lipinski definition) is 5. The van der Waals surface area contributed by atoms with Gasteiger partial charge in [-0.3, -0.25) is 9.78 Å². The molecule has 6 nitrogen and oxygen atoms in total. The fourth-order valence-corrected chi connectivity index (χ4v) is 1.82. The molecule has 20 heavy (non-hydrogen) atoms. The molecule has 0 atom stereocenters. The number of nitrogens with zero attached hydrogens (tertiary/aromatic N) is 2. The van der Waals surface area contributed by atoms with E-state index in [1.807, 2.05) is 25.1 Å². The Morgan fingerprint density at radius 1 is 1.35 bits per heavy atom. The highest BCUT2D eigenvalue weighted by atomic mass is 16.1. The number of nitrogens with one attached hydrogen (secondary N) is 2. The van der Waals surface area contributed by atoms with Crippen LogP contribution in [0.25, 0.3) is 0 Å². The molecule has 1 heterocycles. The lowest BCUT2D eigenvalue weighted by Crippen LogP contribution is -2.27. The standard InChI is InChI=1S/C14H17N5O/c1-10-3-2-4-11(7-10)5-6-17-14(20)12-8-16-9-13(18-12)19-15/h2-4,7-9H,5-6,15H2,1H3,(H,17,20)(H,18,19). The van der Waals surface area contributed by atoms with Crippen molar-refractivity contribution in [1.82, 2.24) is 15.3 Å². The van der Waals surface area contributed by atoms with Crippen LogP contribution in [0.3, 0.4) is 0 Å². The van der Waals surface area contributed by atoms with Gasteiger partial charge in [-0.2, -0.15) is 0 Å². The van der Waals surface area contributed by atoms with Crippen molar-refractivity contribution in [3.05, 3.63) is 53.5 Å². The third kappa shape index (κ3) is 3.76. The van der Waals surface area contributed by atoms with E-state index in [1.54, 1.807) is 0 Å². The van der Waals surface area contributed by atoms with E-state index in [4.69, 9.17) is 5.84 Å². The summed E-state index contributed by atoms with van der Waals surface area (Å²) in [6, 6.07) is 8.19.